The summed E-state index contributed by atoms with van der Waals surface area (Å²) in [5.41, 5.74) is 0.961. The SMILES string of the molecule is CC.CC.Cc1cccnn1. The predicted octanol–water partition coefficient (Wildman–Crippen LogP) is 2.84. The first-order chi connectivity index (χ1) is 5.39. The lowest BCUT2D eigenvalue weighted by Crippen LogP contribution is -1.79. The molecule has 0 unspecified atom stereocenters. The van der Waals surface area contributed by atoms with E-state index in [1.54, 1.807) is 6.20 Å². The highest BCUT2D eigenvalue weighted by Gasteiger charge is 1.74. The highest BCUT2D eigenvalue weighted by atomic mass is 15.1. The van der Waals surface area contributed by atoms with Crippen LogP contribution in [0.4, 0.5) is 0 Å². The van der Waals surface area contributed by atoms with Crippen molar-refractivity contribution in [1.29, 1.82) is 0 Å². The van der Waals surface area contributed by atoms with Crippen molar-refractivity contribution >= 4 is 0 Å². The second kappa shape index (κ2) is 11.8. The Morgan fingerprint density at radius 3 is 1.82 bits per heavy atom. The second-order valence-electron chi connectivity index (χ2n) is 1.37. The minimum Gasteiger partial charge on any atom is -0.159 e. The molecule has 2 heteroatoms. The van der Waals surface area contributed by atoms with Crippen LogP contribution < -0.4 is 0 Å². The van der Waals surface area contributed by atoms with Gasteiger partial charge in [-0.1, -0.05) is 27.7 Å². The maximum Gasteiger partial charge on any atom is 0.0600 e. The molecule has 0 saturated heterocycles. The number of hydrogen-bond acceptors (Lipinski definition) is 2. The summed E-state index contributed by atoms with van der Waals surface area (Å²) in [7, 11) is 0. The van der Waals surface area contributed by atoms with E-state index >= 15 is 0 Å². The molecular weight excluding hydrogens is 136 g/mol. The van der Waals surface area contributed by atoms with Gasteiger partial charge in [-0.25, -0.2) is 0 Å². The molecule has 0 aliphatic carbocycles. The molecule has 0 N–H and O–H groups in total. The molecule has 1 aromatic rings. The third-order valence-electron chi connectivity index (χ3n) is 0.706. The van der Waals surface area contributed by atoms with Gasteiger partial charge in [-0.05, 0) is 19.1 Å². The molecule has 11 heavy (non-hydrogen) atoms. The van der Waals surface area contributed by atoms with Crippen LogP contribution in [0.2, 0.25) is 0 Å². The van der Waals surface area contributed by atoms with Crippen molar-refractivity contribution in [2.75, 3.05) is 0 Å². The van der Waals surface area contributed by atoms with Gasteiger partial charge in [-0.3, -0.25) is 0 Å². The Bertz CT molecular complexity index is 137. The Kier molecular flexibility index (Phi) is 13.7. The molecule has 64 valence electrons. The van der Waals surface area contributed by atoms with Crippen LogP contribution in [0.1, 0.15) is 33.4 Å². The lowest BCUT2D eigenvalue weighted by atomic mass is 10.4. The van der Waals surface area contributed by atoms with Crippen LogP contribution in [0.15, 0.2) is 18.3 Å². The van der Waals surface area contributed by atoms with E-state index in [9.17, 15) is 0 Å². The zero-order valence-electron chi connectivity index (χ0n) is 8.13. The lowest BCUT2D eigenvalue weighted by molar-refractivity contribution is 0.980. The van der Waals surface area contributed by atoms with Gasteiger partial charge in [0.2, 0.25) is 0 Å². The summed E-state index contributed by atoms with van der Waals surface area (Å²) in [4.78, 5) is 0. The first-order valence-corrected chi connectivity index (χ1v) is 4.14. The zero-order chi connectivity index (χ0) is 9.11. The van der Waals surface area contributed by atoms with Crippen LogP contribution in [0.3, 0.4) is 0 Å². The van der Waals surface area contributed by atoms with E-state index in [1.807, 2.05) is 46.8 Å². The standard InChI is InChI=1S/C5H6N2.2C2H6/c1-5-3-2-4-6-7-5;2*1-2/h2-4H,1H3;2*1-2H3. The normalized spacial score (nSPS) is 6.64. The number of aryl methyl sites for hydroxylation is 1. The van der Waals surface area contributed by atoms with E-state index in [-0.39, 0.29) is 0 Å². The maximum absolute atomic E-state index is 3.73. The van der Waals surface area contributed by atoms with Gasteiger partial charge in [-0.2, -0.15) is 10.2 Å². The highest BCUT2D eigenvalue weighted by molar-refractivity contribution is 4.94. The molecule has 0 saturated carbocycles. The predicted molar refractivity (Wildman–Crippen MR) is 49.5 cm³/mol. The van der Waals surface area contributed by atoms with Gasteiger partial charge in [0.05, 0.1) is 5.69 Å². The molecule has 0 aromatic carbocycles. The summed E-state index contributed by atoms with van der Waals surface area (Å²) in [6, 6.07) is 3.77. The molecule has 1 rings (SSSR count). The van der Waals surface area contributed by atoms with E-state index in [0.717, 1.165) is 5.69 Å². The van der Waals surface area contributed by atoms with Crippen LogP contribution in [0, 0.1) is 6.92 Å². The molecule has 0 radical (unpaired) electrons. The van der Waals surface area contributed by atoms with Crippen LogP contribution in [-0.4, -0.2) is 10.2 Å². The molecule has 0 aliphatic heterocycles. The van der Waals surface area contributed by atoms with Gasteiger partial charge >= 0.3 is 0 Å². The van der Waals surface area contributed by atoms with Crippen LogP contribution in [-0.2, 0) is 0 Å². The molecule has 0 bridgehead atoms. The minimum absolute atomic E-state index is 0.961. The minimum atomic E-state index is 0.961. The van der Waals surface area contributed by atoms with E-state index in [4.69, 9.17) is 0 Å². The van der Waals surface area contributed by atoms with E-state index in [2.05, 4.69) is 10.2 Å². The molecule has 0 fully saturated rings. The number of aromatic nitrogens is 2. The monoisotopic (exact) mass is 154 g/mol. The summed E-state index contributed by atoms with van der Waals surface area (Å²) in [5, 5.41) is 7.36. The van der Waals surface area contributed by atoms with Crippen molar-refractivity contribution < 1.29 is 0 Å². The third kappa shape index (κ3) is 9.08. The Balaban J connectivity index is 0. The lowest BCUT2D eigenvalue weighted by Gasteiger charge is -1.80. The largest absolute Gasteiger partial charge is 0.159 e. The fourth-order valence-corrected chi connectivity index (χ4v) is 0.379. The smallest absolute Gasteiger partial charge is 0.0600 e. The highest BCUT2D eigenvalue weighted by Crippen LogP contribution is 1.82. The summed E-state index contributed by atoms with van der Waals surface area (Å²) in [6.07, 6.45) is 1.66. The number of nitrogens with zero attached hydrogens (tertiary/aromatic N) is 2. The fourth-order valence-electron chi connectivity index (χ4n) is 0.379. The van der Waals surface area contributed by atoms with Gasteiger partial charge in [0, 0.05) is 6.20 Å². The van der Waals surface area contributed by atoms with Crippen molar-refractivity contribution in [2.45, 2.75) is 34.6 Å². The van der Waals surface area contributed by atoms with Crippen molar-refractivity contribution in [3.05, 3.63) is 24.0 Å². The quantitative estimate of drug-likeness (QED) is 0.574. The van der Waals surface area contributed by atoms with E-state index < -0.39 is 0 Å². The van der Waals surface area contributed by atoms with Gasteiger partial charge < -0.3 is 0 Å². The van der Waals surface area contributed by atoms with Crippen LogP contribution >= 0.6 is 0 Å². The summed E-state index contributed by atoms with van der Waals surface area (Å²) in [6.45, 7) is 9.91. The Morgan fingerprint density at radius 2 is 1.64 bits per heavy atom. The first kappa shape index (κ1) is 12.7. The van der Waals surface area contributed by atoms with E-state index in [0.29, 0.717) is 0 Å². The van der Waals surface area contributed by atoms with Crippen LogP contribution in [0.25, 0.3) is 0 Å². The Labute approximate surface area is 69.7 Å². The number of rotatable bonds is 0. The Hall–Kier alpha value is -0.920. The maximum atomic E-state index is 3.73. The summed E-state index contributed by atoms with van der Waals surface area (Å²) in [5.74, 6) is 0. The molecule has 0 spiro atoms. The molecule has 0 atom stereocenters. The molecular formula is C9H18N2. The topological polar surface area (TPSA) is 25.8 Å². The third-order valence-corrected chi connectivity index (χ3v) is 0.706. The van der Waals surface area contributed by atoms with Gasteiger partial charge in [0.15, 0.2) is 0 Å². The van der Waals surface area contributed by atoms with Crippen molar-refractivity contribution in [3.63, 3.8) is 0 Å². The first-order valence-electron chi connectivity index (χ1n) is 4.14. The van der Waals surface area contributed by atoms with Gasteiger partial charge in [0.25, 0.3) is 0 Å². The molecule has 1 aromatic heterocycles. The molecule has 1 heterocycles. The fraction of sp³-hybridized carbons (Fsp3) is 0.556. The van der Waals surface area contributed by atoms with Gasteiger partial charge in [0.1, 0.15) is 0 Å². The van der Waals surface area contributed by atoms with Gasteiger partial charge in [-0.15, -0.1) is 0 Å². The average Bonchev–Trinajstić information content (AvgIpc) is 2.13. The van der Waals surface area contributed by atoms with Crippen molar-refractivity contribution in [2.24, 2.45) is 0 Å². The second-order valence-corrected chi connectivity index (χ2v) is 1.37. The summed E-state index contributed by atoms with van der Waals surface area (Å²) >= 11 is 0. The van der Waals surface area contributed by atoms with E-state index in [1.165, 1.54) is 0 Å². The Morgan fingerprint density at radius 1 is 1.09 bits per heavy atom. The van der Waals surface area contributed by atoms with Crippen molar-refractivity contribution in [3.8, 4) is 0 Å². The van der Waals surface area contributed by atoms with Crippen LogP contribution in [0.5, 0.6) is 0 Å². The summed E-state index contributed by atoms with van der Waals surface area (Å²) < 4.78 is 0. The molecule has 0 amide bonds. The average molecular weight is 154 g/mol. The molecule has 0 aliphatic rings. The zero-order valence-corrected chi connectivity index (χ0v) is 8.13. The van der Waals surface area contributed by atoms with Crippen molar-refractivity contribution in [1.82, 2.24) is 10.2 Å². The number of hydrogen-bond donors (Lipinski definition) is 0. The molecule has 2 nitrogen and oxygen atoms in total.